The van der Waals surface area contributed by atoms with Gasteiger partial charge in [-0.15, -0.1) is 0 Å². The van der Waals surface area contributed by atoms with Crippen molar-refractivity contribution in [1.29, 1.82) is 0 Å². The van der Waals surface area contributed by atoms with Crippen LogP contribution in [-0.2, 0) is 10.3 Å². The lowest BCUT2D eigenvalue weighted by atomic mass is 10.0. The lowest BCUT2D eigenvalue weighted by molar-refractivity contribution is 0.307. The van der Waals surface area contributed by atoms with E-state index in [1.807, 2.05) is 0 Å². The zero-order valence-electron chi connectivity index (χ0n) is 8.07. The summed E-state index contributed by atoms with van der Waals surface area (Å²) in [4.78, 5) is 9.92. The minimum atomic E-state index is -0.0511. The quantitative estimate of drug-likeness (QED) is 0.706. The highest BCUT2D eigenvalue weighted by Crippen LogP contribution is 2.20. The standard InChI is InChI=1S/C9H13N2O2/c1-4-9(2,3)11-6-8(5-10-11)13-7-12/h5-6H,4H2,1-3H3. The summed E-state index contributed by atoms with van der Waals surface area (Å²) in [5, 5.41) is 4.09. The predicted octanol–water partition coefficient (Wildman–Crippen LogP) is 1.47. The topological polar surface area (TPSA) is 44.1 Å². The molecule has 0 unspecified atom stereocenters. The van der Waals surface area contributed by atoms with Gasteiger partial charge in [-0.2, -0.15) is 5.10 Å². The number of aromatic nitrogens is 2. The molecule has 1 aromatic heterocycles. The summed E-state index contributed by atoms with van der Waals surface area (Å²) in [5.74, 6) is 0.427. The summed E-state index contributed by atoms with van der Waals surface area (Å²) in [6.07, 6.45) is 4.15. The second-order valence-corrected chi connectivity index (χ2v) is 3.47. The molecule has 0 spiro atoms. The van der Waals surface area contributed by atoms with Crippen LogP contribution < -0.4 is 4.74 Å². The molecule has 4 heteroatoms. The molecule has 1 heterocycles. The second-order valence-electron chi connectivity index (χ2n) is 3.47. The Morgan fingerprint density at radius 2 is 2.38 bits per heavy atom. The molecule has 1 aromatic rings. The smallest absolute Gasteiger partial charge is 0.415 e. The van der Waals surface area contributed by atoms with Crippen LogP contribution in [0.2, 0.25) is 0 Å². The molecule has 0 N–H and O–H groups in total. The molecule has 0 aliphatic rings. The van der Waals surface area contributed by atoms with Gasteiger partial charge in [-0.3, -0.25) is 4.68 Å². The van der Waals surface area contributed by atoms with Crippen molar-refractivity contribution in [3.8, 4) is 5.75 Å². The van der Waals surface area contributed by atoms with Crippen LogP contribution in [0.15, 0.2) is 12.4 Å². The molecule has 71 valence electrons. The maximum absolute atomic E-state index is 9.92. The average Bonchev–Trinajstić information content (AvgIpc) is 2.54. The summed E-state index contributed by atoms with van der Waals surface area (Å²) in [6, 6.07) is 0. The number of carbonyl (C=O) groups excluding carboxylic acids is 1. The largest absolute Gasteiger partial charge is 0.423 e. The van der Waals surface area contributed by atoms with E-state index in [9.17, 15) is 4.79 Å². The van der Waals surface area contributed by atoms with Crippen molar-refractivity contribution in [3.63, 3.8) is 0 Å². The maximum Gasteiger partial charge on any atom is 0.423 e. The summed E-state index contributed by atoms with van der Waals surface area (Å²) < 4.78 is 6.31. The van der Waals surface area contributed by atoms with Gasteiger partial charge >= 0.3 is 6.47 Å². The zero-order chi connectivity index (χ0) is 9.90. The molecule has 13 heavy (non-hydrogen) atoms. The highest BCUT2D eigenvalue weighted by atomic mass is 16.5. The maximum atomic E-state index is 9.92. The van der Waals surface area contributed by atoms with Gasteiger partial charge in [0, 0.05) is 0 Å². The minimum absolute atomic E-state index is 0.0511. The molecule has 0 fully saturated rings. The number of hydrogen-bond acceptors (Lipinski definition) is 3. The van der Waals surface area contributed by atoms with E-state index in [0.717, 1.165) is 6.42 Å². The number of ether oxygens (including phenoxy) is 1. The first-order valence-electron chi connectivity index (χ1n) is 4.19. The van der Waals surface area contributed by atoms with E-state index in [2.05, 4.69) is 30.6 Å². The first-order valence-corrected chi connectivity index (χ1v) is 4.19. The van der Waals surface area contributed by atoms with Crippen LogP contribution in [-0.4, -0.2) is 16.3 Å². The summed E-state index contributed by atoms with van der Waals surface area (Å²) >= 11 is 0. The molecule has 0 atom stereocenters. The van der Waals surface area contributed by atoms with Crippen LogP contribution in [0.5, 0.6) is 5.75 Å². The number of nitrogens with zero attached hydrogens (tertiary/aromatic N) is 2. The summed E-state index contributed by atoms with van der Waals surface area (Å²) in [5.41, 5.74) is -0.0511. The van der Waals surface area contributed by atoms with E-state index in [0.29, 0.717) is 5.75 Å². The van der Waals surface area contributed by atoms with Crippen molar-refractivity contribution in [1.82, 2.24) is 9.78 Å². The molecule has 0 saturated heterocycles. The van der Waals surface area contributed by atoms with Gasteiger partial charge in [0.1, 0.15) is 0 Å². The van der Waals surface area contributed by atoms with Gasteiger partial charge in [0.05, 0.1) is 17.9 Å². The average molecular weight is 181 g/mol. The van der Waals surface area contributed by atoms with E-state index >= 15 is 0 Å². The molecule has 0 aromatic carbocycles. The first kappa shape index (κ1) is 9.77. The van der Waals surface area contributed by atoms with Gasteiger partial charge in [0.15, 0.2) is 5.75 Å². The lowest BCUT2D eigenvalue weighted by Crippen LogP contribution is -2.25. The van der Waals surface area contributed by atoms with Crippen molar-refractivity contribution in [2.24, 2.45) is 0 Å². The van der Waals surface area contributed by atoms with Gasteiger partial charge in [-0.1, -0.05) is 6.92 Å². The number of rotatable bonds is 4. The van der Waals surface area contributed by atoms with Crippen LogP contribution in [0.3, 0.4) is 0 Å². The van der Waals surface area contributed by atoms with Crippen molar-refractivity contribution in [2.75, 3.05) is 0 Å². The molecule has 4 nitrogen and oxygen atoms in total. The third-order valence-corrected chi connectivity index (χ3v) is 2.20. The Hall–Kier alpha value is -1.32. The Labute approximate surface area is 77.5 Å². The van der Waals surface area contributed by atoms with E-state index in [1.165, 1.54) is 12.7 Å². The fourth-order valence-corrected chi connectivity index (χ4v) is 0.900. The highest BCUT2D eigenvalue weighted by Gasteiger charge is 2.18. The fourth-order valence-electron chi connectivity index (χ4n) is 0.900. The van der Waals surface area contributed by atoms with E-state index in [4.69, 9.17) is 0 Å². The van der Waals surface area contributed by atoms with Crippen molar-refractivity contribution < 1.29 is 9.53 Å². The van der Waals surface area contributed by atoms with Gasteiger partial charge in [-0.25, -0.2) is 4.79 Å². The van der Waals surface area contributed by atoms with Crippen LogP contribution in [0.25, 0.3) is 0 Å². The van der Waals surface area contributed by atoms with E-state index in [-0.39, 0.29) is 5.54 Å². The Kier molecular flexibility index (Phi) is 2.70. The molecular formula is C9H13N2O2. The molecule has 0 aliphatic heterocycles. The summed E-state index contributed by atoms with van der Waals surface area (Å²) in [7, 11) is 0. The zero-order valence-corrected chi connectivity index (χ0v) is 8.07. The third kappa shape index (κ3) is 2.08. The van der Waals surface area contributed by atoms with Crippen LogP contribution in [0, 0.1) is 0 Å². The lowest BCUT2D eigenvalue weighted by Gasteiger charge is -2.22. The number of hydrogen-bond donors (Lipinski definition) is 0. The van der Waals surface area contributed by atoms with Crippen molar-refractivity contribution in [3.05, 3.63) is 12.4 Å². The van der Waals surface area contributed by atoms with E-state index in [1.54, 1.807) is 10.9 Å². The molecule has 0 saturated carbocycles. The van der Waals surface area contributed by atoms with Crippen molar-refractivity contribution >= 4 is 6.47 Å². The highest BCUT2D eigenvalue weighted by molar-refractivity contribution is 5.44. The van der Waals surface area contributed by atoms with Crippen LogP contribution in [0.4, 0.5) is 0 Å². The normalized spacial score (nSPS) is 11.3. The van der Waals surface area contributed by atoms with Crippen molar-refractivity contribution in [2.45, 2.75) is 32.7 Å². The van der Waals surface area contributed by atoms with Crippen LogP contribution >= 0.6 is 0 Å². The Bertz CT molecular complexity index is 292. The van der Waals surface area contributed by atoms with Gasteiger partial charge in [0.25, 0.3) is 0 Å². The first-order chi connectivity index (χ1) is 6.10. The van der Waals surface area contributed by atoms with Gasteiger partial charge in [0.2, 0.25) is 0 Å². The molecule has 0 amide bonds. The summed E-state index contributed by atoms with van der Waals surface area (Å²) in [6.45, 7) is 7.57. The molecule has 0 bridgehead atoms. The monoisotopic (exact) mass is 181 g/mol. The molecular weight excluding hydrogens is 168 g/mol. The SMILES string of the molecule is CCC(C)(C)n1cc(O[C]=O)cn1. The molecule has 1 rings (SSSR count). The van der Waals surface area contributed by atoms with Gasteiger partial charge in [-0.05, 0) is 20.3 Å². The fraction of sp³-hybridized carbons (Fsp3) is 0.556. The molecule has 0 aliphatic carbocycles. The van der Waals surface area contributed by atoms with Gasteiger partial charge < -0.3 is 4.74 Å². The second kappa shape index (κ2) is 3.60. The third-order valence-electron chi connectivity index (χ3n) is 2.20. The Balaban J connectivity index is 2.84. The predicted molar refractivity (Wildman–Crippen MR) is 48.2 cm³/mol. The van der Waals surface area contributed by atoms with E-state index < -0.39 is 0 Å². The Morgan fingerprint density at radius 3 is 2.92 bits per heavy atom. The Morgan fingerprint density at radius 1 is 1.69 bits per heavy atom. The van der Waals surface area contributed by atoms with Crippen LogP contribution in [0.1, 0.15) is 27.2 Å². The molecule has 1 radical (unpaired) electrons. The minimum Gasteiger partial charge on any atom is -0.415 e.